The summed E-state index contributed by atoms with van der Waals surface area (Å²) in [6, 6.07) is 12.1. The fourth-order valence-corrected chi connectivity index (χ4v) is 4.57. The second kappa shape index (κ2) is 10.6. The molecule has 1 saturated heterocycles. The van der Waals surface area contributed by atoms with Gasteiger partial charge in [-0.15, -0.1) is 16.4 Å². The number of aromatic amines is 1. The highest BCUT2D eigenvalue weighted by Crippen LogP contribution is 2.20. The van der Waals surface area contributed by atoms with Gasteiger partial charge in [0, 0.05) is 42.4 Å². The average Bonchev–Trinajstić information content (AvgIpc) is 3.49. The monoisotopic (exact) mass is 454 g/mol. The van der Waals surface area contributed by atoms with E-state index in [1.165, 1.54) is 17.4 Å². The first-order chi connectivity index (χ1) is 15.2. The Labute approximate surface area is 190 Å². The second-order valence-electron chi connectivity index (χ2n) is 7.16. The lowest BCUT2D eigenvalue weighted by atomic mass is 10.2. The molecule has 1 amide bonds. The standard InChI is InChI=1S/C22H26N6OS2/c1-2-27-11-13-28(14-12-27)18-7-5-17(6-8-18)23-21(29)16-31-22-24-20(25-26-22)10-9-19-4-3-15-30-19/h3-10,15H,2,11-14,16H2,1H3,(H,23,29)(H,24,25,26)/b10-9+. The molecule has 7 nitrogen and oxygen atoms in total. The van der Waals surface area contributed by atoms with Gasteiger partial charge >= 0.3 is 0 Å². The number of hydrogen-bond donors (Lipinski definition) is 2. The first kappa shape index (κ1) is 21.6. The number of nitrogens with one attached hydrogen (secondary N) is 2. The second-order valence-corrected chi connectivity index (χ2v) is 9.08. The van der Waals surface area contributed by atoms with Crippen molar-refractivity contribution in [3.63, 3.8) is 0 Å². The maximum atomic E-state index is 12.3. The van der Waals surface area contributed by atoms with E-state index in [2.05, 4.69) is 49.4 Å². The van der Waals surface area contributed by atoms with Crippen LogP contribution in [0.5, 0.6) is 0 Å². The molecule has 1 aliphatic rings. The molecule has 1 aliphatic heterocycles. The van der Waals surface area contributed by atoms with Gasteiger partial charge in [0.05, 0.1) is 5.75 Å². The van der Waals surface area contributed by atoms with Gasteiger partial charge in [0.1, 0.15) is 5.82 Å². The van der Waals surface area contributed by atoms with Crippen molar-refractivity contribution in [1.82, 2.24) is 20.1 Å². The first-order valence-corrected chi connectivity index (χ1v) is 12.2. The third-order valence-electron chi connectivity index (χ3n) is 5.10. The number of H-pyrrole nitrogens is 1. The number of piperazine rings is 1. The van der Waals surface area contributed by atoms with Crippen molar-refractivity contribution in [3.8, 4) is 0 Å². The van der Waals surface area contributed by atoms with Crippen LogP contribution < -0.4 is 10.2 Å². The molecule has 0 aliphatic carbocycles. The number of aromatic nitrogens is 3. The molecule has 0 unspecified atom stereocenters. The highest BCUT2D eigenvalue weighted by Gasteiger charge is 2.15. The van der Waals surface area contributed by atoms with E-state index in [4.69, 9.17) is 0 Å². The normalized spacial score (nSPS) is 14.9. The largest absolute Gasteiger partial charge is 0.369 e. The summed E-state index contributed by atoms with van der Waals surface area (Å²) >= 11 is 2.97. The van der Waals surface area contributed by atoms with Crippen molar-refractivity contribution < 1.29 is 4.79 Å². The Morgan fingerprint density at radius 3 is 2.71 bits per heavy atom. The molecule has 2 aromatic heterocycles. The Balaban J connectivity index is 1.23. The maximum Gasteiger partial charge on any atom is 0.234 e. The van der Waals surface area contributed by atoms with Gasteiger partial charge in [-0.2, -0.15) is 0 Å². The van der Waals surface area contributed by atoms with Crippen LogP contribution in [0.3, 0.4) is 0 Å². The first-order valence-electron chi connectivity index (χ1n) is 10.3. The number of rotatable bonds is 8. The molecule has 162 valence electrons. The molecule has 0 spiro atoms. The van der Waals surface area contributed by atoms with Gasteiger partial charge in [0.25, 0.3) is 0 Å². The van der Waals surface area contributed by atoms with Crippen LogP contribution in [0.1, 0.15) is 17.6 Å². The highest BCUT2D eigenvalue weighted by atomic mass is 32.2. The fourth-order valence-electron chi connectivity index (χ4n) is 3.35. The number of carbonyl (C=O) groups is 1. The minimum absolute atomic E-state index is 0.0743. The van der Waals surface area contributed by atoms with Crippen molar-refractivity contribution in [2.24, 2.45) is 0 Å². The summed E-state index contributed by atoms with van der Waals surface area (Å²) in [5, 5.41) is 12.6. The van der Waals surface area contributed by atoms with E-state index >= 15 is 0 Å². The molecule has 3 aromatic rings. The zero-order valence-electron chi connectivity index (χ0n) is 17.5. The number of hydrogen-bond acceptors (Lipinski definition) is 7. The van der Waals surface area contributed by atoms with Gasteiger partial charge in [0.15, 0.2) is 0 Å². The Hall–Kier alpha value is -2.62. The molecule has 0 bridgehead atoms. The van der Waals surface area contributed by atoms with E-state index in [0.717, 1.165) is 43.3 Å². The molecule has 0 atom stereocenters. The number of carbonyl (C=O) groups excluding carboxylic acids is 1. The van der Waals surface area contributed by atoms with Crippen LogP contribution in [-0.2, 0) is 4.79 Å². The van der Waals surface area contributed by atoms with E-state index in [9.17, 15) is 4.79 Å². The van der Waals surface area contributed by atoms with Gasteiger partial charge in [-0.25, -0.2) is 4.98 Å². The van der Waals surface area contributed by atoms with Crippen LogP contribution >= 0.6 is 23.1 Å². The van der Waals surface area contributed by atoms with Gasteiger partial charge in [0.2, 0.25) is 11.1 Å². The summed E-state index contributed by atoms with van der Waals surface area (Å²) in [5.74, 6) is 0.855. The molecule has 4 rings (SSSR count). The van der Waals surface area contributed by atoms with Crippen LogP contribution in [-0.4, -0.2) is 64.5 Å². The topological polar surface area (TPSA) is 77.1 Å². The summed E-state index contributed by atoms with van der Waals surface area (Å²) in [6.07, 6.45) is 3.87. The molecular formula is C22H26N6OS2. The van der Waals surface area contributed by atoms with Gasteiger partial charge in [-0.3, -0.25) is 9.89 Å². The smallest absolute Gasteiger partial charge is 0.234 e. The van der Waals surface area contributed by atoms with Gasteiger partial charge < -0.3 is 15.1 Å². The summed E-state index contributed by atoms with van der Waals surface area (Å²) < 4.78 is 0. The predicted molar refractivity (Wildman–Crippen MR) is 130 cm³/mol. The van der Waals surface area contributed by atoms with Crippen LogP contribution in [0.2, 0.25) is 0 Å². The molecular weight excluding hydrogens is 428 g/mol. The van der Waals surface area contributed by atoms with E-state index in [-0.39, 0.29) is 11.7 Å². The molecule has 1 fully saturated rings. The Morgan fingerprint density at radius 1 is 1.19 bits per heavy atom. The molecule has 3 heterocycles. The van der Waals surface area contributed by atoms with E-state index in [0.29, 0.717) is 11.0 Å². The highest BCUT2D eigenvalue weighted by molar-refractivity contribution is 7.99. The predicted octanol–water partition coefficient (Wildman–Crippen LogP) is 3.91. The average molecular weight is 455 g/mol. The van der Waals surface area contributed by atoms with Crippen molar-refractivity contribution in [3.05, 3.63) is 52.5 Å². The van der Waals surface area contributed by atoms with Crippen molar-refractivity contribution in [1.29, 1.82) is 0 Å². The lowest BCUT2D eigenvalue weighted by Gasteiger charge is -2.35. The van der Waals surface area contributed by atoms with Crippen LogP contribution in [0.4, 0.5) is 11.4 Å². The summed E-state index contributed by atoms with van der Waals surface area (Å²) in [5.41, 5.74) is 2.00. The molecule has 1 aromatic carbocycles. The molecule has 9 heteroatoms. The molecule has 31 heavy (non-hydrogen) atoms. The zero-order chi connectivity index (χ0) is 21.5. The van der Waals surface area contributed by atoms with Crippen molar-refractivity contribution in [2.75, 3.05) is 48.7 Å². The van der Waals surface area contributed by atoms with Crippen LogP contribution in [0.15, 0.2) is 46.9 Å². The number of thiophene rings is 1. The fraction of sp³-hybridized carbons (Fsp3) is 0.318. The number of benzene rings is 1. The van der Waals surface area contributed by atoms with Gasteiger partial charge in [-0.05, 0) is 54.4 Å². The third-order valence-corrected chi connectivity index (χ3v) is 6.78. The Morgan fingerprint density at radius 2 is 2.00 bits per heavy atom. The lowest BCUT2D eigenvalue weighted by molar-refractivity contribution is -0.113. The Kier molecular flexibility index (Phi) is 7.39. The number of nitrogens with zero attached hydrogens (tertiary/aromatic N) is 4. The lowest BCUT2D eigenvalue weighted by Crippen LogP contribution is -2.46. The SMILES string of the molecule is CCN1CCN(c2ccc(NC(=O)CSc3n[nH]c(/C=C/c4cccs4)n3)cc2)CC1. The summed E-state index contributed by atoms with van der Waals surface area (Å²) in [4.78, 5) is 22.7. The number of thioether (sulfide) groups is 1. The van der Waals surface area contributed by atoms with E-state index in [1.807, 2.05) is 41.8 Å². The summed E-state index contributed by atoms with van der Waals surface area (Å²) in [7, 11) is 0. The molecule has 0 saturated carbocycles. The van der Waals surface area contributed by atoms with Crippen LogP contribution in [0.25, 0.3) is 12.2 Å². The molecule has 0 radical (unpaired) electrons. The van der Waals surface area contributed by atoms with Crippen molar-refractivity contribution >= 4 is 52.5 Å². The Bertz CT molecular complexity index is 991. The van der Waals surface area contributed by atoms with Gasteiger partial charge in [-0.1, -0.05) is 24.8 Å². The van der Waals surface area contributed by atoms with E-state index < -0.39 is 0 Å². The zero-order valence-corrected chi connectivity index (χ0v) is 19.1. The quantitative estimate of drug-likeness (QED) is 0.503. The summed E-state index contributed by atoms with van der Waals surface area (Å²) in [6.45, 7) is 7.58. The number of amides is 1. The number of likely N-dealkylation sites (N-methyl/N-ethyl adjacent to an activating group) is 1. The van der Waals surface area contributed by atoms with E-state index in [1.54, 1.807) is 11.3 Å². The van der Waals surface area contributed by atoms with Crippen LogP contribution in [0, 0.1) is 0 Å². The molecule has 2 N–H and O–H groups in total. The minimum Gasteiger partial charge on any atom is -0.369 e. The third kappa shape index (κ3) is 6.19. The number of anilines is 2. The maximum absolute atomic E-state index is 12.3. The van der Waals surface area contributed by atoms with Crippen molar-refractivity contribution in [2.45, 2.75) is 12.1 Å². The minimum atomic E-state index is -0.0743.